The van der Waals surface area contributed by atoms with E-state index in [9.17, 15) is 4.39 Å². The molecule has 4 rings (SSSR count). The first-order valence-electron chi connectivity index (χ1n) is 8.72. The lowest BCUT2D eigenvalue weighted by Gasteiger charge is -2.34. The monoisotopic (exact) mass is 366 g/mol. The number of likely N-dealkylation sites (tertiary alicyclic amines) is 1. The predicted molar refractivity (Wildman–Crippen MR) is 94.9 cm³/mol. The van der Waals surface area contributed by atoms with Crippen LogP contribution in [0.3, 0.4) is 0 Å². The summed E-state index contributed by atoms with van der Waals surface area (Å²) >= 11 is 0. The number of piperidine rings is 1. The molecule has 136 valence electrons. The minimum Gasteiger partial charge on any atom is -0.339 e. The van der Waals surface area contributed by atoms with Crippen molar-refractivity contribution >= 4 is 12.4 Å². The van der Waals surface area contributed by atoms with Crippen LogP contribution in [0.15, 0.2) is 28.8 Å². The zero-order valence-electron chi connectivity index (χ0n) is 14.2. The van der Waals surface area contributed by atoms with Crippen LogP contribution in [0.2, 0.25) is 0 Å². The highest BCUT2D eigenvalue weighted by Crippen LogP contribution is 2.38. The summed E-state index contributed by atoms with van der Waals surface area (Å²) in [7, 11) is 0. The van der Waals surface area contributed by atoms with Crippen molar-refractivity contribution in [2.45, 2.75) is 50.1 Å². The van der Waals surface area contributed by atoms with Crippen LogP contribution in [0.5, 0.6) is 0 Å². The van der Waals surface area contributed by atoms with Crippen LogP contribution >= 0.6 is 12.4 Å². The summed E-state index contributed by atoms with van der Waals surface area (Å²) in [5.74, 6) is 1.41. The minimum atomic E-state index is -0.377. The molecule has 2 aliphatic rings. The van der Waals surface area contributed by atoms with Crippen LogP contribution in [-0.4, -0.2) is 28.1 Å². The molecule has 0 bridgehead atoms. The Bertz CT molecular complexity index is 719. The molecule has 2 aromatic rings. The lowest BCUT2D eigenvalue weighted by atomic mass is 9.77. The van der Waals surface area contributed by atoms with Gasteiger partial charge in [-0.2, -0.15) is 4.98 Å². The fraction of sp³-hybridized carbons (Fsp3) is 0.556. The Morgan fingerprint density at radius 3 is 2.88 bits per heavy atom. The van der Waals surface area contributed by atoms with E-state index in [1.807, 2.05) is 6.07 Å². The summed E-state index contributed by atoms with van der Waals surface area (Å²) < 4.78 is 18.9. The maximum atomic E-state index is 13.4. The molecule has 2 heterocycles. The lowest BCUT2D eigenvalue weighted by molar-refractivity contribution is 0.179. The summed E-state index contributed by atoms with van der Waals surface area (Å²) in [6, 6.07) is 6.80. The molecule has 25 heavy (non-hydrogen) atoms. The Hall–Kier alpha value is -1.50. The first-order valence-corrected chi connectivity index (χ1v) is 8.72. The van der Waals surface area contributed by atoms with E-state index in [0.717, 1.165) is 57.3 Å². The SMILES string of the molecule is Cl.NC1(c2noc(C3CCCN(Cc4cccc(F)c4)C3)n2)CCC1. The van der Waals surface area contributed by atoms with Crippen LogP contribution in [0, 0.1) is 5.82 Å². The first-order chi connectivity index (χ1) is 11.6. The van der Waals surface area contributed by atoms with Gasteiger partial charge in [-0.1, -0.05) is 17.3 Å². The van der Waals surface area contributed by atoms with Crippen LogP contribution in [-0.2, 0) is 12.1 Å². The molecule has 1 aliphatic heterocycles. The number of rotatable bonds is 4. The molecule has 2 fully saturated rings. The van der Waals surface area contributed by atoms with Crippen molar-refractivity contribution in [2.75, 3.05) is 13.1 Å². The van der Waals surface area contributed by atoms with Gasteiger partial charge in [0.05, 0.1) is 11.5 Å². The summed E-state index contributed by atoms with van der Waals surface area (Å²) in [5.41, 5.74) is 6.90. The van der Waals surface area contributed by atoms with E-state index in [0.29, 0.717) is 11.7 Å². The molecule has 2 N–H and O–H groups in total. The second-order valence-electron chi connectivity index (χ2n) is 7.17. The maximum absolute atomic E-state index is 13.4. The molecule has 1 aromatic carbocycles. The summed E-state index contributed by atoms with van der Waals surface area (Å²) in [6.07, 6.45) is 5.11. The van der Waals surface area contributed by atoms with E-state index in [1.54, 1.807) is 12.1 Å². The molecular formula is C18H24ClFN4O. The van der Waals surface area contributed by atoms with Gasteiger partial charge in [-0.15, -0.1) is 12.4 Å². The molecule has 5 nitrogen and oxygen atoms in total. The summed E-state index contributed by atoms with van der Waals surface area (Å²) in [4.78, 5) is 6.92. The number of aromatic nitrogens is 2. The van der Waals surface area contributed by atoms with Crippen molar-refractivity contribution in [1.29, 1.82) is 0 Å². The van der Waals surface area contributed by atoms with Gasteiger partial charge in [-0.25, -0.2) is 4.39 Å². The van der Waals surface area contributed by atoms with Gasteiger partial charge in [-0.05, 0) is 56.3 Å². The van der Waals surface area contributed by atoms with Gasteiger partial charge < -0.3 is 10.3 Å². The van der Waals surface area contributed by atoms with Gasteiger partial charge in [0.2, 0.25) is 5.89 Å². The Morgan fingerprint density at radius 2 is 2.16 bits per heavy atom. The summed E-state index contributed by atoms with van der Waals surface area (Å²) in [5, 5.41) is 4.13. The second-order valence-corrected chi connectivity index (χ2v) is 7.17. The number of nitrogens with zero attached hydrogens (tertiary/aromatic N) is 3. The Labute approximate surface area is 153 Å². The fourth-order valence-electron chi connectivity index (χ4n) is 3.68. The van der Waals surface area contributed by atoms with Crippen molar-refractivity contribution in [3.05, 3.63) is 47.4 Å². The van der Waals surface area contributed by atoms with E-state index in [-0.39, 0.29) is 29.7 Å². The zero-order valence-corrected chi connectivity index (χ0v) is 15.0. The molecule has 1 aromatic heterocycles. The number of hydrogen-bond acceptors (Lipinski definition) is 5. The average Bonchev–Trinajstić information content (AvgIpc) is 3.03. The smallest absolute Gasteiger partial charge is 0.231 e. The van der Waals surface area contributed by atoms with Gasteiger partial charge in [0.15, 0.2) is 5.82 Å². The van der Waals surface area contributed by atoms with Crippen LogP contribution < -0.4 is 5.73 Å². The normalized spacial score (nSPS) is 22.9. The van der Waals surface area contributed by atoms with Gasteiger partial charge >= 0.3 is 0 Å². The highest BCUT2D eigenvalue weighted by Gasteiger charge is 2.39. The van der Waals surface area contributed by atoms with Crippen molar-refractivity contribution in [2.24, 2.45) is 5.73 Å². The zero-order chi connectivity index (χ0) is 16.6. The van der Waals surface area contributed by atoms with E-state index in [4.69, 9.17) is 10.3 Å². The Balaban J connectivity index is 0.00000182. The molecule has 7 heteroatoms. The van der Waals surface area contributed by atoms with Crippen LogP contribution in [0.1, 0.15) is 55.3 Å². The number of nitrogens with two attached hydrogens (primary N) is 1. The fourth-order valence-corrected chi connectivity index (χ4v) is 3.68. The highest BCUT2D eigenvalue weighted by molar-refractivity contribution is 5.85. The van der Waals surface area contributed by atoms with Crippen LogP contribution in [0.25, 0.3) is 0 Å². The third kappa shape index (κ3) is 3.86. The predicted octanol–water partition coefficient (Wildman–Crippen LogP) is 3.35. The first kappa shape index (κ1) is 18.3. The van der Waals surface area contributed by atoms with E-state index in [2.05, 4.69) is 15.0 Å². The average molecular weight is 367 g/mol. The topological polar surface area (TPSA) is 68.2 Å². The van der Waals surface area contributed by atoms with Crippen molar-refractivity contribution < 1.29 is 8.91 Å². The molecule has 0 amide bonds. The van der Waals surface area contributed by atoms with Crippen molar-refractivity contribution in [3.8, 4) is 0 Å². The second kappa shape index (κ2) is 7.40. The Morgan fingerprint density at radius 1 is 1.32 bits per heavy atom. The molecule has 1 aliphatic carbocycles. The highest BCUT2D eigenvalue weighted by atomic mass is 35.5. The molecule has 1 unspecified atom stereocenters. The lowest BCUT2D eigenvalue weighted by Crippen LogP contribution is -2.44. The summed E-state index contributed by atoms with van der Waals surface area (Å²) in [6.45, 7) is 2.61. The molecule has 0 radical (unpaired) electrons. The number of halogens is 2. The molecule has 1 atom stereocenters. The van der Waals surface area contributed by atoms with Crippen molar-refractivity contribution in [1.82, 2.24) is 15.0 Å². The third-order valence-electron chi connectivity index (χ3n) is 5.28. The van der Waals surface area contributed by atoms with E-state index >= 15 is 0 Å². The maximum Gasteiger partial charge on any atom is 0.231 e. The number of benzene rings is 1. The molecule has 1 saturated heterocycles. The van der Waals surface area contributed by atoms with Gasteiger partial charge in [0.25, 0.3) is 0 Å². The largest absolute Gasteiger partial charge is 0.339 e. The standard InChI is InChI=1S/C18H23FN4O.ClH/c19-15-6-1-4-13(10-15)11-23-9-2-5-14(12-23)16-21-17(22-24-16)18(20)7-3-8-18;/h1,4,6,10,14H,2-3,5,7-9,11-12,20H2;1H. The van der Waals surface area contributed by atoms with E-state index in [1.165, 1.54) is 6.07 Å². The third-order valence-corrected chi connectivity index (χ3v) is 5.28. The van der Waals surface area contributed by atoms with Crippen LogP contribution in [0.4, 0.5) is 4.39 Å². The van der Waals surface area contributed by atoms with Gasteiger partial charge in [-0.3, -0.25) is 4.90 Å². The van der Waals surface area contributed by atoms with E-state index < -0.39 is 0 Å². The molecular weight excluding hydrogens is 343 g/mol. The molecule has 0 spiro atoms. The quantitative estimate of drug-likeness (QED) is 0.898. The Kier molecular flexibility index (Phi) is 5.41. The minimum absolute atomic E-state index is 0. The number of hydrogen-bond donors (Lipinski definition) is 1. The van der Waals surface area contributed by atoms with Gasteiger partial charge in [0, 0.05) is 13.1 Å². The van der Waals surface area contributed by atoms with Crippen molar-refractivity contribution in [3.63, 3.8) is 0 Å². The molecule has 1 saturated carbocycles. The van der Waals surface area contributed by atoms with Gasteiger partial charge in [0.1, 0.15) is 5.82 Å².